The van der Waals surface area contributed by atoms with Crippen LogP contribution in [0.25, 0.3) is 5.69 Å². The van der Waals surface area contributed by atoms with Crippen LogP contribution in [0.2, 0.25) is 0 Å². The number of benzene rings is 1. The summed E-state index contributed by atoms with van der Waals surface area (Å²) in [6, 6.07) is 8.01. The van der Waals surface area contributed by atoms with Crippen molar-refractivity contribution in [2.24, 2.45) is 5.92 Å². The van der Waals surface area contributed by atoms with Crippen molar-refractivity contribution in [3.8, 4) is 5.69 Å². The van der Waals surface area contributed by atoms with Crippen LogP contribution in [0.15, 0.2) is 47.4 Å². The van der Waals surface area contributed by atoms with Crippen LogP contribution in [-0.2, 0) is 4.79 Å². The van der Waals surface area contributed by atoms with Gasteiger partial charge >= 0.3 is 0 Å². The fourth-order valence-electron chi connectivity index (χ4n) is 3.47. The lowest BCUT2D eigenvalue weighted by Crippen LogP contribution is -2.39. The molecule has 7 nitrogen and oxygen atoms in total. The maximum Gasteiger partial charge on any atom is 0.270 e. The molecule has 2 N–H and O–H groups in total. The van der Waals surface area contributed by atoms with E-state index in [1.165, 1.54) is 22.1 Å². The quantitative estimate of drug-likeness (QED) is 0.671. The number of aromatic nitrogens is 3. The molecule has 29 heavy (non-hydrogen) atoms. The molecule has 3 aromatic rings. The molecule has 2 heterocycles. The van der Waals surface area contributed by atoms with Gasteiger partial charge in [-0.3, -0.25) is 9.59 Å². The van der Waals surface area contributed by atoms with Gasteiger partial charge in [0.05, 0.1) is 5.51 Å². The smallest absolute Gasteiger partial charge is 0.270 e. The van der Waals surface area contributed by atoms with Crippen molar-refractivity contribution < 1.29 is 14.0 Å². The maximum absolute atomic E-state index is 13.9. The van der Waals surface area contributed by atoms with E-state index in [0.29, 0.717) is 30.0 Å². The Kier molecular flexibility index (Phi) is 5.66. The summed E-state index contributed by atoms with van der Waals surface area (Å²) in [7, 11) is 0. The lowest BCUT2D eigenvalue weighted by molar-refractivity contribution is -0.120. The van der Waals surface area contributed by atoms with Crippen molar-refractivity contribution >= 4 is 29.0 Å². The molecule has 0 saturated heterocycles. The van der Waals surface area contributed by atoms with Gasteiger partial charge in [-0.25, -0.2) is 14.1 Å². The van der Waals surface area contributed by atoms with Crippen LogP contribution in [0, 0.1) is 11.7 Å². The van der Waals surface area contributed by atoms with Crippen LogP contribution in [0.1, 0.15) is 36.2 Å². The van der Waals surface area contributed by atoms with Crippen LogP contribution in [0.4, 0.5) is 10.2 Å². The topological polar surface area (TPSA) is 88.9 Å². The first kappa shape index (κ1) is 19.3. The van der Waals surface area contributed by atoms with Gasteiger partial charge in [0.2, 0.25) is 5.91 Å². The Morgan fingerprint density at radius 1 is 1.14 bits per heavy atom. The van der Waals surface area contributed by atoms with Crippen molar-refractivity contribution in [1.29, 1.82) is 0 Å². The third kappa shape index (κ3) is 4.51. The molecule has 4 rings (SSSR count). The van der Waals surface area contributed by atoms with E-state index in [0.717, 1.165) is 12.8 Å². The molecule has 0 atom stereocenters. The van der Waals surface area contributed by atoms with E-state index in [4.69, 9.17) is 0 Å². The molecule has 2 aromatic heterocycles. The highest BCUT2D eigenvalue weighted by Gasteiger charge is 2.28. The summed E-state index contributed by atoms with van der Waals surface area (Å²) >= 11 is 1.38. The fourth-order valence-corrected chi connectivity index (χ4v) is 4.01. The van der Waals surface area contributed by atoms with E-state index < -0.39 is 0 Å². The monoisotopic (exact) mass is 413 g/mol. The first-order valence-electron chi connectivity index (χ1n) is 9.40. The highest BCUT2D eigenvalue weighted by atomic mass is 32.1. The van der Waals surface area contributed by atoms with Crippen molar-refractivity contribution in [3.63, 3.8) is 0 Å². The minimum Gasteiger partial charge on any atom is -0.348 e. The van der Waals surface area contributed by atoms with Crippen LogP contribution in [-0.4, -0.2) is 32.6 Å². The van der Waals surface area contributed by atoms with E-state index in [2.05, 4.69) is 20.7 Å². The molecule has 1 aliphatic rings. The van der Waals surface area contributed by atoms with Crippen LogP contribution in [0.5, 0.6) is 0 Å². The molecule has 0 spiro atoms. The number of amides is 2. The van der Waals surface area contributed by atoms with Gasteiger partial charge in [-0.05, 0) is 37.8 Å². The second-order valence-electron chi connectivity index (χ2n) is 6.98. The largest absolute Gasteiger partial charge is 0.348 e. The molecule has 2 amide bonds. The van der Waals surface area contributed by atoms with Crippen LogP contribution < -0.4 is 10.6 Å². The number of para-hydroxylation sites is 1. The minimum absolute atomic E-state index is 0.0496. The number of thiazole rings is 1. The van der Waals surface area contributed by atoms with Gasteiger partial charge in [-0.1, -0.05) is 12.1 Å². The molecule has 1 aromatic carbocycles. The number of halogens is 1. The Hall–Kier alpha value is -3.07. The average molecular weight is 413 g/mol. The number of carbonyl (C=O) groups excluding carboxylic acids is 2. The molecule has 9 heteroatoms. The second-order valence-corrected chi connectivity index (χ2v) is 7.70. The maximum atomic E-state index is 13.9. The summed E-state index contributed by atoms with van der Waals surface area (Å²) in [5, 5.41) is 11.7. The van der Waals surface area contributed by atoms with E-state index >= 15 is 0 Å². The Labute approximate surface area is 171 Å². The summed E-state index contributed by atoms with van der Waals surface area (Å²) in [5.41, 5.74) is 2.38. The van der Waals surface area contributed by atoms with Crippen molar-refractivity contribution in [1.82, 2.24) is 20.1 Å². The number of carbonyl (C=O) groups is 2. The summed E-state index contributed by atoms with van der Waals surface area (Å²) in [6.45, 7) is 0. The zero-order valence-electron chi connectivity index (χ0n) is 15.5. The van der Waals surface area contributed by atoms with E-state index in [-0.39, 0.29) is 29.6 Å². The Bertz CT molecular complexity index is 996. The van der Waals surface area contributed by atoms with Gasteiger partial charge in [0.15, 0.2) is 5.82 Å². The highest BCUT2D eigenvalue weighted by molar-refractivity contribution is 7.07. The fraction of sp³-hybridized carbons (Fsp3) is 0.300. The SMILES string of the molecule is O=C(N[C@H]1CC[C@@H](C(=O)Nc2ccn(-c3ccccc3F)n2)CC1)c1cscn1. The van der Waals surface area contributed by atoms with Gasteiger partial charge in [-0.2, -0.15) is 0 Å². The van der Waals surface area contributed by atoms with Gasteiger partial charge in [0, 0.05) is 29.6 Å². The number of rotatable bonds is 5. The second kappa shape index (κ2) is 8.52. The molecular weight excluding hydrogens is 393 g/mol. The molecular formula is C20H20FN5O2S. The third-order valence-electron chi connectivity index (χ3n) is 5.04. The Balaban J connectivity index is 1.29. The number of nitrogens with one attached hydrogen (secondary N) is 2. The molecule has 1 aliphatic carbocycles. The summed E-state index contributed by atoms with van der Waals surface area (Å²) in [6.07, 6.45) is 4.44. The zero-order valence-corrected chi connectivity index (χ0v) is 16.4. The van der Waals surface area contributed by atoms with E-state index in [1.807, 2.05) is 0 Å². The zero-order chi connectivity index (χ0) is 20.2. The first-order valence-corrected chi connectivity index (χ1v) is 10.3. The number of anilines is 1. The average Bonchev–Trinajstić information content (AvgIpc) is 3.41. The van der Waals surface area contributed by atoms with Gasteiger partial charge in [-0.15, -0.1) is 16.4 Å². The molecule has 0 bridgehead atoms. The van der Waals surface area contributed by atoms with Crippen molar-refractivity contribution in [2.45, 2.75) is 31.7 Å². The minimum atomic E-state index is -0.383. The molecule has 150 valence electrons. The molecule has 0 aliphatic heterocycles. The predicted molar refractivity (Wildman–Crippen MR) is 107 cm³/mol. The highest BCUT2D eigenvalue weighted by Crippen LogP contribution is 2.26. The standard InChI is InChI=1S/C20H20FN5O2S/c21-15-3-1-2-4-17(15)26-10-9-18(25-26)24-19(27)13-5-7-14(8-6-13)23-20(28)16-11-29-12-22-16/h1-4,9-14H,5-8H2,(H,23,28)(H,24,25,27)/t13-,14+. The number of hydrogen-bond donors (Lipinski definition) is 2. The van der Waals surface area contributed by atoms with E-state index in [1.54, 1.807) is 41.4 Å². The van der Waals surface area contributed by atoms with Crippen molar-refractivity contribution in [2.75, 3.05) is 5.32 Å². The molecule has 0 unspecified atom stereocenters. The summed E-state index contributed by atoms with van der Waals surface area (Å²) < 4.78 is 15.3. The Morgan fingerprint density at radius 2 is 1.93 bits per heavy atom. The number of hydrogen-bond acceptors (Lipinski definition) is 5. The lowest BCUT2D eigenvalue weighted by atomic mass is 9.85. The molecule has 1 fully saturated rings. The molecule has 0 radical (unpaired) electrons. The van der Waals surface area contributed by atoms with Gasteiger partial charge in [0.25, 0.3) is 5.91 Å². The van der Waals surface area contributed by atoms with E-state index in [9.17, 15) is 14.0 Å². The molecule has 1 saturated carbocycles. The van der Waals surface area contributed by atoms with Gasteiger partial charge in [0.1, 0.15) is 17.2 Å². The Morgan fingerprint density at radius 3 is 2.66 bits per heavy atom. The first-order chi connectivity index (χ1) is 14.1. The third-order valence-corrected chi connectivity index (χ3v) is 5.62. The predicted octanol–water partition coefficient (Wildman–Crippen LogP) is 3.40. The van der Waals surface area contributed by atoms with Gasteiger partial charge < -0.3 is 10.6 Å². The summed E-state index contributed by atoms with van der Waals surface area (Å²) in [4.78, 5) is 28.7. The number of nitrogens with zero attached hydrogens (tertiary/aromatic N) is 3. The van der Waals surface area contributed by atoms with Crippen LogP contribution >= 0.6 is 11.3 Å². The van der Waals surface area contributed by atoms with Crippen LogP contribution in [0.3, 0.4) is 0 Å². The van der Waals surface area contributed by atoms with Crippen molar-refractivity contribution in [3.05, 3.63) is 58.9 Å². The summed E-state index contributed by atoms with van der Waals surface area (Å²) in [5.74, 6) is -0.407. The lowest BCUT2D eigenvalue weighted by Gasteiger charge is -2.28. The normalized spacial score (nSPS) is 18.9.